The van der Waals surface area contributed by atoms with Crippen molar-refractivity contribution in [2.75, 3.05) is 0 Å². The van der Waals surface area contributed by atoms with Gasteiger partial charge in [-0.2, -0.15) is 0 Å². The standard InChI is InChI=1S/C20H13ClN2S/c21-17-6-2-1-5-15(17)13-22-16-11-9-14(10-12-16)20-23-18-7-3-4-8-19(18)24-20/h1-13H. The van der Waals surface area contributed by atoms with E-state index in [1.165, 1.54) is 4.70 Å². The molecule has 0 atom stereocenters. The number of aromatic nitrogens is 1. The Bertz CT molecular complexity index is 986. The molecule has 116 valence electrons. The Hall–Kier alpha value is -2.49. The summed E-state index contributed by atoms with van der Waals surface area (Å²) in [7, 11) is 0. The van der Waals surface area contributed by atoms with Gasteiger partial charge in [-0.25, -0.2) is 4.98 Å². The van der Waals surface area contributed by atoms with Gasteiger partial charge in [0.25, 0.3) is 0 Å². The highest BCUT2D eigenvalue weighted by Crippen LogP contribution is 2.30. The lowest BCUT2D eigenvalue weighted by atomic mass is 10.2. The number of thiazole rings is 1. The van der Waals surface area contributed by atoms with E-state index in [0.29, 0.717) is 5.02 Å². The molecule has 0 aliphatic rings. The average Bonchev–Trinajstić information content (AvgIpc) is 3.06. The lowest BCUT2D eigenvalue weighted by molar-refractivity contribution is 1.46. The SMILES string of the molecule is Clc1ccccc1C=Nc1ccc(-c2nc3ccccc3s2)cc1. The van der Waals surface area contributed by atoms with Crippen molar-refractivity contribution >= 4 is 45.1 Å². The van der Waals surface area contributed by atoms with Crippen LogP contribution in [0.5, 0.6) is 0 Å². The number of para-hydroxylation sites is 1. The topological polar surface area (TPSA) is 25.2 Å². The highest BCUT2D eigenvalue weighted by atomic mass is 35.5. The monoisotopic (exact) mass is 348 g/mol. The molecule has 0 amide bonds. The summed E-state index contributed by atoms with van der Waals surface area (Å²) in [6, 6.07) is 23.9. The summed E-state index contributed by atoms with van der Waals surface area (Å²) in [5, 5.41) is 1.73. The molecular weight excluding hydrogens is 336 g/mol. The maximum atomic E-state index is 6.14. The van der Waals surface area contributed by atoms with Crippen LogP contribution in [0.2, 0.25) is 5.02 Å². The molecule has 0 saturated heterocycles. The van der Waals surface area contributed by atoms with Crippen LogP contribution in [0.3, 0.4) is 0 Å². The molecule has 0 radical (unpaired) electrons. The second-order valence-electron chi connectivity index (χ2n) is 5.31. The zero-order chi connectivity index (χ0) is 16.4. The molecule has 0 aliphatic heterocycles. The Labute approximate surface area is 149 Å². The zero-order valence-electron chi connectivity index (χ0n) is 12.7. The Morgan fingerprint density at radius 3 is 2.42 bits per heavy atom. The van der Waals surface area contributed by atoms with Gasteiger partial charge in [0.05, 0.1) is 15.9 Å². The minimum absolute atomic E-state index is 0.701. The van der Waals surface area contributed by atoms with Crippen molar-refractivity contribution in [3.63, 3.8) is 0 Å². The Morgan fingerprint density at radius 1 is 0.875 bits per heavy atom. The van der Waals surface area contributed by atoms with Gasteiger partial charge in [0, 0.05) is 22.4 Å². The number of fused-ring (bicyclic) bond motifs is 1. The largest absolute Gasteiger partial charge is 0.256 e. The van der Waals surface area contributed by atoms with E-state index in [9.17, 15) is 0 Å². The lowest BCUT2D eigenvalue weighted by Crippen LogP contribution is -1.81. The minimum Gasteiger partial charge on any atom is -0.256 e. The highest BCUT2D eigenvalue weighted by molar-refractivity contribution is 7.21. The maximum absolute atomic E-state index is 6.14. The van der Waals surface area contributed by atoms with Crippen LogP contribution in [-0.2, 0) is 0 Å². The number of halogens is 1. The predicted molar refractivity (Wildman–Crippen MR) is 104 cm³/mol. The summed E-state index contributed by atoms with van der Waals surface area (Å²) < 4.78 is 1.20. The number of hydrogen-bond donors (Lipinski definition) is 0. The Balaban J connectivity index is 1.59. The maximum Gasteiger partial charge on any atom is 0.124 e. The Morgan fingerprint density at radius 2 is 1.62 bits per heavy atom. The Kier molecular flexibility index (Phi) is 4.11. The first kappa shape index (κ1) is 15.1. The normalized spacial score (nSPS) is 11.4. The number of benzene rings is 3. The van der Waals surface area contributed by atoms with Crippen LogP contribution in [0.15, 0.2) is 77.8 Å². The molecule has 0 aliphatic carbocycles. The number of hydrogen-bond acceptors (Lipinski definition) is 3. The fourth-order valence-corrected chi connectivity index (χ4v) is 3.57. The van der Waals surface area contributed by atoms with Gasteiger partial charge in [0.2, 0.25) is 0 Å². The average molecular weight is 349 g/mol. The van der Waals surface area contributed by atoms with Gasteiger partial charge in [0.1, 0.15) is 5.01 Å². The minimum atomic E-state index is 0.701. The van der Waals surface area contributed by atoms with E-state index in [1.807, 2.05) is 54.6 Å². The van der Waals surface area contributed by atoms with Gasteiger partial charge in [-0.15, -0.1) is 11.3 Å². The van der Waals surface area contributed by atoms with Crippen LogP contribution in [0.4, 0.5) is 5.69 Å². The van der Waals surface area contributed by atoms with E-state index in [1.54, 1.807) is 17.6 Å². The molecule has 3 aromatic carbocycles. The van der Waals surface area contributed by atoms with Gasteiger partial charge in [-0.3, -0.25) is 4.99 Å². The van der Waals surface area contributed by atoms with Crippen molar-refractivity contribution in [2.24, 2.45) is 4.99 Å². The summed E-state index contributed by atoms with van der Waals surface area (Å²) in [6.07, 6.45) is 1.79. The molecule has 0 N–H and O–H groups in total. The van der Waals surface area contributed by atoms with Crippen molar-refractivity contribution in [1.29, 1.82) is 0 Å². The number of aliphatic imine (C=N–C) groups is 1. The van der Waals surface area contributed by atoms with Crippen molar-refractivity contribution in [3.05, 3.63) is 83.4 Å². The van der Waals surface area contributed by atoms with E-state index in [0.717, 1.165) is 27.3 Å². The highest BCUT2D eigenvalue weighted by Gasteiger charge is 2.05. The van der Waals surface area contributed by atoms with Crippen LogP contribution in [0.25, 0.3) is 20.8 Å². The second-order valence-corrected chi connectivity index (χ2v) is 6.75. The number of nitrogens with zero attached hydrogens (tertiary/aromatic N) is 2. The van der Waals surface area contributed by atoms with Gasteiger partial charge in [0.15, 0.2) is 0 Å². The van der Waals surface area contributed by atoms with Gasteiger partial charge < -0.3 is 0 Å². The first-order valence-electron chi connectivity index (χ1n) is 7.54. The molecule has 4 aromatic rings. The molecule has 0 bridgehead atoms. The lowest BCUT2D eigenvalue weighted by Gasteiger charge is -1.99. The molecule has 2 nitrogen and oxygen atoms in total. The van der Waals surface area contributed by atoms with Crippen LogP contribution in [0, 0.1) is 0 Å². The van der Waals surface area contributed by atoms with Crippen molar-refractivity contribution in [1.82, 2.24) is 4.98 Å². The second kappa shape index (κ2) is 6.56. The fraction of sp³-hybridized carbons (Fsp3) is 0. The van der Waals surface area contributed by atoms with Crippen molar-refractivity contribution in [2.45, 2.75) is 0 Å². The van der Waals surface area contributed by atoms with E-state index >= 15 is 0 Å². The summed E-state index contributed by atoms with van der Waals surface area (Å²) in [6.45, 7) is 0. The molecule has 1 aromatic heterocycles. The van der Waals surface area contributed by atoms with E-state index < -0.39 is 0 Å². The van der Waals surface area contributed by atoms with Crippen LogP contribution < -0.4 is 0 Å². The number of rotatable bonds is 3. The molecule has 4 rings (SSSR count). The summed E-state index contributed by atoms with van der Waals surface area (Å²) in [5.74, 6) is 0. The van der Waals surface area contributed by atoms with E-state index in [-0.39, 0.29) is 0 Å². The first-order valence-corrected chi connectivity index (χ1v) is 8.74. The predicted octanol–water partition coefficient (Wildman–Crippen LogP) is 6.37. The quantitative estimate of drug-likeness (QED) is 0.395. The van der Waals surface area contributed by atoms with Gasteiger partial charge in [-0.05, 0) is 42.5 Å². The zero-order valence-corrected chi connectivity index (χ0v) is 14.3. The summed E-state index contributed by atoms with van der Waals surface area (Å²) >= 11 is 7.84. The van der Waals surface area contributed by atoms with Crippen LogP contribution in [0.1, 0.15) is 5.56 Å². The summed E-state index contributed by atoms with van der Waals surface area (Å²) in [4.78, 5) is 9.17. The third kappa shape index (κ3) is 3.09. The first-order chi connectivity index (χ1) is 11.8. The molecular formula is C20H13ClN2S. The molecule has 24 heavy (non-hydrogen) atoms. The molecule has 0 spiro atoms. The van der Waals surface area contributed by atoms with E-state index in [2.05, 4.69) is 28.2 Å². The van der Waals surface area contributed by atoms with Crippen LogP contribution >= 0.6 is 22.9 Å². The molecule has 0 saturated carbocycles. The molecule has 0 unspecified atom stereocenters. The molecule has 4 heteroatoms. The molecule has 1 heterocycles. The van der Waals surface area contributed by atoms with Crippen molar-refractivity contribution in [3.8, 4) is 10.6 Å². The summed E-state index contributed by atoms with van der Waals surface area (Å²) in [5.41, 5.74) is 3.94. The van der Waals surface area contributed by atoms with Gasteiger partial charge in [-0.1, -0.05) is 41.9 Å². The van der Waals surface area contributed by atoms with E-state index in [4.69, 9.17) is 11.6 Å². The fourth-order valence-electron chi connectivity index (χ4n) is 2.41. The smallest absolute Gasteiger partial charge is 0.124 e. The third-order valence-electron chi connectivity index (χ3n) is 3.67. The van der Waals surface area contributed by atoms with Gasteiger partial charge >= 0.3 is 0 Å². The third-order valence-corrected chi connectivity index (χ3v) is 5.10. The van der Waals surface area contributed by atoms with Crippen molar-refractivity contribution < 1.29 is 0 Å². The molecule has 0 fully saturated rings. The van der Waals surface area contributed by atoms with Crippen LogP contribution in [-0.4, -0.2) is 11.2 Å².